The van der Waals surface area contributed by atoms with Crippen molar-refractivity contribution in [3.8, 4) is 0 Å². The van der Waals surface area contributed by atoms with Crippen LogP contribution in [0, 0.1) is 0 Å². The Kier molecular flexibility index (Phi) is 51.4. The molecule has 0 aromatic carbocycles. The van der Waals surface area contributed by atoms with Crippen LogP contribution in [0.4, 0.5) is 0 Å². The van der Waals surface area contributed by atoms with E-state index in [-0.39, 0.29) is 31.6 Å². The normalized spacial score (nSPS) is 12.7. The Morgan fingerprint density at radius 1 is 0.318 bits per heavy atom. The Morgan fingerprint density at radius 2 is 0.621 bits per heavy atom. The lowest BCUT2D eigenvalue weighted by atomic mass is 10.1. The molecule has 0 saturated carbocycles. The lowest BCUT2D eigenvalue weighted by Gasteiger charge is -2.18. The molecule has 0 aromatic rings. The number of unbranched alkanes of at least 4 members (excludes halogenated alkanes) is 24. The first-order chi connectivity index (χ1) is 32.5. The van der Waals surface area contributed by atoms with Crippen molar-refractivity contribution >= 4 is 17.9 Å². The fourth-order valence-electron chi connectivity index (χ4n) is 7.48. The molecule has 0 rings (SSSR count). The van der Waals surface area contributed by atoms with E-state index in [4.69, 9.17) is 14.2 Å². The summed E-state index contributed by atoms with van der Waals surface area (Å²) in [4.78, 5) is 38.0. The first-order valence-electron chi connectivity index (χ1n) is 27.6. The summed E-state index contributed by atoms with van der Waals surface area (Å²) in [6.45, 7) is 6.45. The van der Waals surface area contributed by atoms with Crippen LogP contribution in [0.5, 0.6) is 0 Å². The van der Waals surface area contributed by atoms with E-state index in [1.807, 2.05) is 12.2 Å². The lowest BCUT2D eigenvalue weighted by molar-refractivity contribution is -0.166. The van der Waals surface area contributed by atoms with Gasteiger partial charge in [-0.25, -0.2) is 0 Å². The van der Waals surface area contributed by atoms with Gasteiger partial charge in [-0.05, 0) is 103 Å². The van der Waals surface area contributed by atoms with Crippen LogP contribution in [0.1, 0.15) is 258 Å². The van der Waals surface area contributed by atoms with Crippen LogP contribution in [0.2, 0.25) is 0 Å². The van der Waals surface area contributed by atoms with Crippen molar-refractivity contribution in [2.24, 2.45) is 0 Å². The maximum absolute atomic E-state index is 12.8. The van der Waals surface area contributed by atoms with Crippen LogP contribution in [-0.2, 0) is 28.6 Å². The molecule has 0 radical (unpaired) electrons. The largest absolute Gasteiger partial charge is 0.462 e. The molecule has 1 atom stereocenters. The molecule has 0 N–H and O–H groups in total. The van der Waals surface area contributed by atoms with Crippen molar-refractivity contribution < 1.29 is 28.6 Å². The van der Waals surface area contributed by atoms with Crippen LogP contribution >= 0.6 is 0 Å². The molecule has 0 amide bonds. The van der Waals surface area contributed by atoms with Gasteiger partial charge in [-0.1, -0.05) is 221 Å². The van der Waals surface area contributed by atoms with Crippen molar-refractivity contribution in [2.45, 2.75) is 264 Å². The smallest absolute Gasteiger partial charge is 0.306 e. The maximum Gasteiger partial charge on any atom is 0.306 e. The van der Waals surface area contributed by atoms with E-state index in [0.29, 0.717) is 19.3 Å². The Morgan fingerprint density at radius 3 is 1.00 bits per heavy atom. The number of ether oxygens (including phenoxy) is 3. The van der Waals surface area contributed by atoms with Crippen LogP contribution in [0.25, 0.3) is 0 Å². The van der Waals surface area contributed by atoms with Gasteiger partial charge in [0.25, 0.3) is 0 Å². The highest BCUT2D eigenvalue weighted by molar-refractivity contribution is 5.71. The fourth-order valence-corrected chi connectivity index (χ4v) is 7.48. The topological polar surface area (TPSA) is 78.9 Å². The second kappa shape index (κ2) is 54.2. The summed E-state index contributed by atoms with van der Waals surface area (Å²) in [5, 5.41) is 0. The molecular formula is C60H102O6. The highest BCUT2D eigenvalue weighted by Crippen LogP contribution is 2.14. The summed E-state index contributed by atoms with van der Waals surface area (Å²) in [5.74, 6) is -1.02. The van der Waals surface area contributed by atoms with E-state index >= 15 is 0 Å². The minimum absolute atomic E-state index is 0.115. The average molecular weight is 919 g/mol. The predicted molar refractivity (Wildman–Crippen MR) is 284 cm³/mol. The highest BCUT2D eigenvalue weighted by atomic mass is 16.6. The van der Waals surface area contributed by atoms with Crippen molar-refractivity contribution in [3.05, 3.63) is 85.1 Å². The van der Waals surface area contributed by atoms with Crippen LogP contribution in [-0.4, -0.2) is 37.2 Å². The SMILES string of the molecule is CC/C=C\C/C=C\C/C=C\C/C=C\C/C=C\CCC(=O)OC(COC(=O)CCCCC/C=C\CCCCCCCCC)COC(=O)CCCCCCC/C=C\CCCCCCCCCCC. The number of rotatable bonds is 49. The van der Waals surface area contributed by atoms with Crippen LogP contribution < -0.4 is 0 Å². The van der Waals surface area contributed by atoms with Crippen molar-refractivity contribution in [2.75, 3.05) is 13.2 Å². The van der Waals surface area contributed by atoms with Gasteiger partial charge in [0.05, 0.1) is 0 Å². The van der Waals surface area contributed by atoms with E-state index in [2.05, 4.69) is 93.7 Å². The summed E-state index contributed by atoms with van der Waals surface area (Å²) in [5.41, 5.74) is 0. The third-order valence-corrected chi connectivity index (χ3v) is 11.6. The molecule has 0 aromatic heterocycles. The molecule has 0 saturated heterocycles. The van der Waals surface area contributed by atoms with Gasteiger partial charge in [-0.15, -0.1) is 0 Å². The standard InChI is InChI=1S/C60H102O6/c1-4-7-10-13-16-19-22-25-28-30-31-33-35-38-41-44-47-50-53-59(62)65-56-57(55-64-58(61)52-49-46-43-40-37-34-27-24-21-18-15-12-9-6-3)66-60(63)54-51-48-45-42-39-36-32-29-26-23-20-17-14-11-8-5-2/h8,11,17,20,26,29,31,33-34,36-37,39,45,48,57H,4-7,9-10,12-16,18-19,21-25,27-28,30,32,35,38,40-44,46-47,49-56H2,1-3H3/b11-8-,20-17-,29-26-,33-31-,37-34-,39-36-,48-45-. The summed E-state index contributed by atoms with van der Waals surface area (Å²) in [6, 6.07) is 0. The molecule has 0 bridgehead atoms. The Bertz CT molecular complexity index is 1290. The third kappa shape index (κ3) is 51.6. The summed E-state index contributed by atoms with van der Waals surface area (Å²) >= 11 is 0. The van der Waals surface area contributed by atoms with Gasteiger partial charge in [0.15, 0.2) is 6.10 Å². The molecular weight excluding hydrogens is 817 g/mol. The summed E-state index contributed by atoms with van der Waals surface area (Å²) in [6.07, 6.45) is 70.1. The third-order valence-electron chi connectivity index (χ3n) is 11.6. The molecule has 0 spiro atoms. The number of carbonyl (C=O) groups excluding carboxylic acids is 3. The van der Waals surface area contributed by atoms with Gasteiger partial charge in [-0.2, -0.15) is 0 Å². The van der Waals surface area contributed by atoms with Gasteiger partial charge in [0.1, 0.15) is 13.2 Å². The van der Waals surface area contributed by atoms with Crippen molar-refractivity contribution in [1.82, 2.24) is 0 Å². The molecule has 0 aliphatic rings. The Labute approximate surface area is 407 Å². The van der Waals surface area contributed by atoms with Crippen LogP contribution in [0.3, 0.4) is 0 Å². The zero-order chi connectivity index (χ0) is 47.9. The van der Waals surface area contributed by atoms with Crippen LogP contribution in [0.15, 0.2) is 85.1 Å². The molecule has 0 aliphatic heterocycles. The Hall–Kier alpha value is -3.41. The monoisotopic (exact) mass is 919 g/mol. The van der Waals surface area contributed by atoms with Crippen molar-refractivity contribution in [3.63, 3.8) is 0 Å². The molecule has 0 fully saturated rings. The molecule has 66 heavy (non-hydrogen) atoms. The number of hydrogen-bond donors (Lipinski definition) is 0. The molecule has 0 heterocycles. The van der Waals surface area contributed by atoms with Gasteiger partial charge >= 0.3 is 17.9 Å². The second-order valence-electron chi connectivity index (χ2n) is 18.1. The van der Waals surface area contributed by atoms with Gasteiger partial charge < -0.3 is 14.2 Å². The van der Waals surface area contributed by atoms with Gasteiger partial charge in [0, 0.05) is 19.3 Å². The molecule has 378 valence electrons. The summed E-state index contributed by atoms with van der Waals surface area (Å²) in [7, 11) is 0. The fraction of sp³-hybridized carbons (Fsp3) is 0.717. The van der Waals surface area contributed by atoms with E-state index < -0.39 is 12.1 Å². The van der Waals surface area contributed by atoms with E-state index in [1.165, 1.54) is 116 Å². The van der Waals surface area contributed by atoms with E-state index in [0.717, 1.165) is 96.3 Å². The number of esters is 3. The zero-order valence-corrected chi connectivity index (χ0v) is 43.2. The molecule has 1 unspecified atom stereocenters. The van der Waals surface area contributed by atoms with E-state index in [9.17, 15) is 14.4 Å². The quantitative estimate of drug-likeness (QED) is 0.0262. The number of hydrogen-bond acceptors (Lipinski definition) is 6. The second-order valence-corrected chi connectivity index (χ2v) is 18.1. The Balaban J connectivity index is 4.50. The number of allylic oxidation sites excluding steroid dienone is 14. The predicted octanol–water partition coefficient (Wildman–Crippen LogP) is 18.4. The van der Waals surface area contributed by atoms with Gasteiger partial charge in [0.2, 0.25) is 0 Å². The maximum atomic E-state index is 12.8. The first-order valence-corrected chi connectivity index (χ1v) is 27.6. The average Bonchev–Trinajstić information content (AvgIpc) is 3.31. The zero-order valence-electron chi connectivity index (χ0n) is 43.2. The van der Waals surface area contributed by atoms with E-state index in [1.54, 1.807) is 0 Å². The lowest BCUT2D eigenvalue weighted by Crippen LogP contribution is -2.30. The molecule has 6 nitrogen and oxygen atoms in total. The minimum Gasteiger partial charge on any atom is -0.462 e. The molecule has 6 heteroatoms. The number of carbonyl (C=O) groups is 3. The van der Waals surface area contributed by atoms with Crippen molar-refractivity contribution in [1.29, 1.82) is 0 Å². The molecule has 0 aliphatic carbocycles. The minimum atomic E-state index is -0.825. The summed E-state index contributed by atoms with van der Waals surface area (Å²) < 4.78 is 16.7. The highest BCUT2D eigenvalue weighted by Gasteiger charge is 2.19. The first kappa shape index (κ1) is 62.6. The van der Waals surface area contributed by atoms with Gasteiger partial charge in [-0.3, -0.25) is 14.4 Å².